The maximum Gasteiger partial charge on any atom is 0.191 e. The van der Waals surface area contributed by atoms with Crippen LogP contribution in [0, 0.1) is 11.8 Å². The summed E-state index contributed by atoms with van der Waals surface area (Å²) in [6, 6.07) is 0. The molecule has 142 valence electrons. The number of rotatable bonds is 10. The Morgan fingerprint density at radius 1 is 1.29 bits per heavy atom. The lowest BCUT2D eigenvalue weighted by molar-refractivity contribution is -0.0828. The van der Waals surface area contributed by atoms with Gasteiger partial charge in [0.25, 0.3) is 0 Å². The Hall–Kier alpha value is -0.850. The topological polar surface area (TPSA) is 75.1 Å². The maximum atomic E-state index is 9.26. The summed E-state index contributed by atoms with van der Waals surface area (Å²) in [5.74, 6) is 1.91. The number of aliphatic hydroxyl groups is 1. The van der Waals surface area contributed by atoms with Crippen LogP contribution in [0.5, 0.6) is 0 Å². The van der Waals surface area contributed by atoms with Crippen LogP contribution in [-0.4, -0.2) is 63.2 Å². The molecular formula is C18H37N3O3. The number of hydrogen-bond donors (Lipinski definition) is 3. The van der Waals surface area contributed by atoms with Crippen molar-refractivity contribution < 1.29 is 14.6 Å². The zero-order valence-electron chi connectivity index (χ0n) is 15.9. The first-order valence-electron chi connectivity index (χ1n) is 9.31. The van der Waals surface area contributed by atoms with Gasteiger partial charge < -0.3 is 25.2 Å². The molecule has 0 radical (unpaired) electrons. The Kier molecular flexibility index (Phi) is 10.3. The summed E-state index contributed by atoms with van der Waals surface area (Å²) in [5.41, 5.74) is -0.205. The van der Waals surface area contributed by atoms with Crippen molar-refractivity contribution in [2.45, 2.75) is 52.1 Å². The van der Waals surface area contributed by atoms with Crippen LogP contribution in [0.4, 0.5) is 0 Å². The SMILES string of the molecule is CCNC(=NCC1(OC)CCOCC1)NCC(CCO)CC(C)C. The van der Waals surface area contributed by atoms with Gasteiger partial charge in [-0.25, -0.2) is 0 Å². The Balaban J connectivity index is 2.60. The molecule has 0 aromatic carbocycles. The first kappa shape index (κ1) is 21.2. The molecule has 0 bridgehead atoms. The predicted molar refractivity (Wildman–Crippen MR) is 98.4 cm³/mol. The van der Waals surface area contributed by atoms with Crippen molar-refractivity contribution in [2.75, 3.05) is 46.6 Å². The predicted octanol–water partition coefficient (Wildman–Crippen LogP) is 1.78. The van der Waals surface area contributed by atoms with Gasteiger partial charge in [0.05, 0.1) is 12.1 Å². The smallest absolute Gasteiger partial charge is 0.191 e. The summed E-state index contributed by atoms with van der Waals surface area (Å²) in [6.07, 6.45) is 3.69. The number of nitrogens with one attached hydrogen (secondary N) is 2. The molecule has 1 atom stereocenters. The van der Waals surface area contributed by atoms with Gasteiger partial charge in [-0.3, -0.25) is 4.99 Å². The van der Waals surface area contributed by atoms with Crippen LogP contribution in [0.2, 0.25) is 0 Å². The third-order valence-corrected chi connectivity index (χ3v) is 4.61. The number of ether oxygens (including phenoxy) is 2. The molecule has 6 heteroatoms. The normalized spacial score (nSPS) is 19.3. The summed E-state index contributed by atoms with van der Waals surface area (Å²) >= 11 is 0. The van der Waals surface area contributed by atoms with E-state index in [9.17, 15) is 5.11 Å². The zero-order chi connectivity index (χ0) is 17.8. The fraction of sp³-hybridized carbons (Fsp3) is 0.944. The summed E-state index contributed by atoms with van der Waals surface area (Å²) < 4.78 is 11.2. The van der Waals surface area contributed by atoms with Crippen molar-refractivity contribution in [1.82, 2.24) is 10.6 Å². The Morgan fingerprint density at radius 2 is 2.00 bits per heavy atom. The number of nitrogens with zero attached hydrogens (tertiary/aromatic N) is 1. The molecule has 1 aliphatic rings. The second kappa shape index (κ2) is 11.7. The van der Waals surface area contributed by atoms with E-state index in [-0.39, 0.29) is 12.2 Å². The number of guanidine groups is 1. The van der Waals surface area contributed by atoms with Crippen LogP contribution in [0.25, 0.3) is 0 Å². The number of methoxy groups -OCH3 is 1. The number of aliphatic hydroxyl groups excluding tert-OH is 1. The molecule has 1 saturated heterocycles. The fourth-order valence-electron chi connectivity index (χ4n) is 3.13. The van der Waals surface area contributed by atoms with E-state index in [0.717, 1.165) is 57.9 Å². The molecule has 0 saturated carbocycles. The Bertz CT molecular complexity index is 355. The van der Waals surface area contributed by atoms with E-state index < -0.39 is 0 Å². The van der Waals surface area contributed by atoms with Gasteiger partial charge in [-0.1, -0.05) is 13.8 Å². The average molecular weight is 344 g/mol. The van der Waals surface area contributed by atoms with Gasteiger partial charge in [-0.05, 0) is 31.6 Å². The first-order valence-corrected chi connectivity index (χ1v) is 9.31. The van der Waals surface area contributed by atoms with Crippen LogP contribution >= 0.6 is 0 Å². The third kappa shape index (κ3) is 7.81. The monoisotopic (exact) mass is 343 g/mol. The lowest BCUT2D eigenvalue weighted by Gasteiger charge is -2.34. The van der Waals surface area contributed by atoms with E-state index in [1.165, 1.54) is 0 Å². The highest BCUT2D eigenvalue weighted by atomic mass is 16.5. The van der Waals surface area contributed by atoms with E-state index in [0.29, 0.717) is 18.4 Å². The highest BCUT2D eigenvalue weighted by Gasteiger charge is 2.32. The zero-order valence-corrected chi connectivity index (χ0v) is 15.9. The minimum atomic E-state index is -0.205. The van der Waals surface area contributed by atoms with Gasteiger partial charge in [0, 0.05) is 52.9 Å². The lowest BCUT2D eigenvalue weighted by atomic mass is 9.94. The van der Waals surface area contributed by atoms with E-state index in [1.807, 2.05) is 0 Å². The molecule has 6 nitrogen and oxygen atoms in total. The molecule has 1 rings (SSSR count). The largest absolute Gasteiger partial charge is 0.396 e. The maximum absolute atomic E-state index is 9.26. The molecule has 0 aromatic heterocycles. The minimum Gasteiger partial charge on any atom is -0.396 e. The summed E-state index contributed by atoms with van der Waals surface area (Å²) in [6.45, 7) is 10.5. The average Bonchev–Trinajstić information content (AvgIpc) is 2.57. The van der Waals surface area contributed by atoms with E-state index in [4.69, 9.17) is 14.5 Å². The summed E-state index contributed by atoms with van der Waals surface area (Å²) in [7, 11) is 1.76. The van der Waals surface area contributed by atoms with Crippen molar-refractivity contribution in [3.63, 3.8) is 0 Å². The first-order chi connectivity index (χ1) is 11.5. The molecule has 1 aliphatic heterocycles. The molecule has 0 spiro atoms. The van der Waals surface area contributed by atoms with Crippen molar-refractivity contribution in [3.8, 4) is 0 Å². The molecule has 0 amide bonds. The molecule has 3 N–H and O–H groups in total. The molecule has 1 fully saturated rings. The molecule has 1 heterocycles. The van der Waals surface area contributed by atoms with E-state index in [1.54, 1.807) is 7.11 Å². The quantitative estimate of drug-likeness (QED) is 0.416. The van der Waals surface area contributed by atoms with Crippen LogP contribution in [-0.2, 0) is 9.47 Å². The second-order valence-corrected chi connectivity index (χ2v) is 7.08. The van der Waals surface area contributed by atoms with E-state index in [2.05, 4.69) is 31.4 Å². The van der Waals surface area contributed by atoms with Crippen molar-refractivity contribution >= 4 is 5.96 Å². The van der Waals surface area contributed by atoms with Gasteiger partial charge in [-0.15, -0.1) is 0 Å². The van der Waals surface area contributed by atoms with Crippen LogP contribution in [0.3, 0.4) is 0 Å². The standard InChI is InChI=1S/C18H37N3O3/c1-5-19-17(20-13-16(6-9-22)12-15(2)3)21-14-18(23-4)7-10-24-11-8-18/h15-16,22H,5-14H2,1-4H3,(H2,19,20,21). The van der Waals surface area contributed by atoms with Gasteiger partial charge in [0.2, 0.25) is 0 Å². The van der Waals surface area contributed by atoms with Gasteiger partial charge in [-0.2, -0.15) is 0 Å². The van der Waals surface area contributed by atoms with Crippen molar-refractivity contribution in [1.29, 1.82) is 0 Å². The second-order valence-electron chi connectivity index (χ2n) is 7.08. The van der Waals surface area contributed by atoms with Gasteiger partial charge in [0.15, 0.2) is 5.96 Å². The molecular weight excluding hydrogens is 306 g/mol. The van der Waals surface area contributed by atoms with E-state index >= 15 is 0 Å². The third-order valence-electron chi connectivity index (χ3n) is 4.61. The highest BCUT2D eigenvalue weighted by Crippen LogP contribution is 2.24. The van der Waals surface area contributed by atoms with Gasteiger partial charge >= 0.3 is 0 Å². The Labute approximate surface area is 147 Å². The van der Waals surface area contributed by atoms with Crippen molar-refractivity contribution in [3.05, 3.63) is 0 Å². The highest BCUT2D eigenvalue weighted by molar-refractivity contribution is 5.79. The van der Waals surface area contributed by atoms with Gasteiger partial charge in [0.1, 0.15) is 0 Å². The summed E-state index contributed by atoms with van der Waals surface area (Å²) in [5, 5.41) is 16.0. The van der Waals surface area contributed by atoms with Crippen LogP contribution in [0.1, 0.15) is 46.5 Å². The molecule has 0 aromatic rings. The molecule has 0 aliphatic carbocycles. The molecule has 1 unspecified atom stereocenters. The minimum absolute atomic E-state index is 0.205. The Morgan fingerprint density at radius 3 is 2.54 bits per heavy atom. The number of aliphatic imine (C=N–C) groups is 1. The lowest BCUT2D eigenvalue weighted by Crippen LogP contribution is -2.44. The number of hydrogen-bond acceptors (Lipinski definition) is 4. The van der Waals surface area contributed by atoms with Crippen LogP contribution < -0.4 is 10.6 Å². The molecule has 24 heavy (non-hydrogen) atoms. The van der Waals surface area contributed by atoms with Crippen LogP contribution in [0.15, 0.2) is 4.99 Å². The summed E-state index contributed by atoms with van der Waals surface area (Å²) in [4.78, 5) is 4.74. The fourth-order valence-corrected chi connectivity index (χ4v) is 3.13. The van der Waals surface area contributed by atoms with Crippen molar-refractivity contribution in [2.24, 2.45) is 16.8 Å².